The van der Waals surface area contributed by atoms with Crippen LogP contribution in [0, 0.1) is 0 Å². The van der Waals surface area contributed by atoms with Gasteiger partial charge in [-0.15, -0.1) is 0 Å². The van der Waals surface area contributed by atoms with Crippen LogP contribution in [0.4, 0.5) is 5.69 Å². The normalized spacial score (nSPS) is 14.9. The number of amides is 1. The van der Waals surface area contributed by atoms with E-state index in [4.69, 9.17) is 10.7 Å². The van der Waals surface area contributed by atoms with Crippen LogP contribution in [-0.2, 0) is 0 Å². The van der Waals surface area contributed by atoms with Gasteiger partial charge in [0.15, 0.2) is 0 Å². The maximum absolute atomic E-state index is 11.5. The quantitative estimate of drug-likeness (QED) is 0.474. The van der Waals surface area contributed by atoms with Crippen molar-refractivity contribution in [2.45, 2.75) is 29.1 Å². The number of rotatable bonds is 2. The standard InChI is InChI=1S/C20H14N2OS.C5H11N/c21-20(23)14-10-11-18-16(12-14)22-19(13-6-2-1-3-7-13)15-8-4-5-9-17(15)24-18;1-2-4-6-5-3-1/h1-12H,(H2,21,23);6H,1-5H2. The van der Waals surface area contributed by atoms with Gasteiger partial charge in [0.05, 0.1) is 11.4 Å². The highest BCUT2D eigenvalue weighted by atomic mass is 32.2. The molecule has 0 spiro atoms. The van der Waals surface area contributed by atoms with Crippen molar-refractivity contribution in [1.82, 2.24) is 5.32 Å². The Hall–Kier alpha value is -2.89. The third-order valence-electron chi connectivity index (χ3n) is 5.09. The van der Waals surface area contributed by atoms with E-state index in [1.54, 1.807) is 23.9 Å². The van der Waals surface area contributed by atoms with Crippen LogP contribution in [0.5, 0.6) is 0 Å². The molecule has 0 aromatic heterocycles. The second-order valence-electron chi connectivity index (χ2n) is 7.28. The number of benzene rings is 3. The summed E-state index contributed by atoms with van der Waals surface area (Å²) in [6.07, 6.45) is 4.22. The predicted molar refractivity (Wildman–Crippen MR) is 124 cm³/mol. The number of nitrogens with two attached hydrogens (primary N) is 1. The van der Waals surface area contributed by atoms with E-state index >= 15 is 0 Å². The number of nitrogens with zero attached hydrogens (tertiary/aromatic N) is 1. The Morgan fingerprint density at radius 3 is 2.27 bits per heavy atom. The fourth-order valence-corrected chi connectivity index (χ4v) is 4.52. The van der Waals surface area contributed by atoms with Crippen LogP contribution >= 0.6 is 11.8 Å². The second-order valence-corrected chi connectivity index (χ2v) is 8.37. The Morgan fingerprint density at radius 2 is 1.60 bits per heavy atom. The maximum Gasteiger partial charge on any atom is 0.248 e. The molecule has 0 aliphatic carbocycles. The van der Waals surface area contributed by atoms with E-state index in [2.05, 4.69) is 17.4 Å². The van der Waals surface area contributed by atoms with Gasteiger partial charge in [0.1, 0.15) is 0 Å². The van der Waals surface area contributed by atoms with Gasteiger partial charge >= 0.3 is 0 Å². The van der Waals surface area contributed by atoms with Gasteiger partial charge in [0.25, 0.3) is 0 Å². The molecular formula is C25H25N3OS. The van der Waals surface area contributed by atoms with E-state index in [1.807, 2.05) is 48.5 Å². The monoisotopic (exact) mass is 415 g/mol. The lowest BCUT2D eigenvalue weighted by molar-refractivity contribution is 0.1000. The zero-order chi connectivity index (χ0) is 20.8. The first kappa shape index (κ1) is 20.4. The molecule has 0 unspecified atom stereocenters. The zero-order valence-corrected chi connectivity index (χ0v) is 17.6. The minimum absolute atomic E-state index is 0.443. The van der Waals surface area contributed by atoms with Crippen LogP contribution in [0.3, 0.4) is 0 Å². The Bertz CT molecular complexity index is 1050. The van der Waals surface area contributed by atoms with Crippen LogP contribution in [0.25, 0.3) is 0 Å². The summed E-state index contributed by atoms with van der Waals surface area (Å²) in [5, 5.41) is 3.28. The van der Waals surface area contributed by atoms with Crippen LogP contribution in [0.15, 0.2) is 87.6 Å². The number of aliphatic imine (C=N–C) groups is 1. The molecule has 5 rings (SSSR count). The van der Waals surface area contributed by atoms with Gasteiger partial charge in [0.2, 0.25) is 5.91 Å². The molecule has 4 nitrogen and oxygen atoms in total. The highest BCUT2D eigenvalue weighted by Crippen LogP contribution is 2.41. The summed E-state index contributed by atoms with van der Waals surface area (Å²) < 4.78 is 0. The SMILES string of the molecule is C1CCNCC1.NC(=O)c1ccc2c(c1)N=C(c1ccccc1)c1ccccc1S2. The van der Waals surface area contributed by atoms with Gasteiger partial charge in [-0.3, -0.25) is 4.79 Å². The van der Waals surface area contributed by atoms with Crippen molar-refractivity contribution in [2.24, 2.45) is 10.7 Å². The zero-order valence-electron chi connectivity index (χ0n) is 16.8. The van der Waals surface area contributed by atoms with Gasteiger partial charge in [-0.2, -0.15) is 0 Å². The molecule has 2 heterocycles. The van der Waals surface area contributed by atoms with Crippen molar-refractivity contribution in [2.75, 3.05) is 13.1 Å². The lowest BCUT2D eigenvalue weighted by Gasteiger charge is -2.08. The minimum Gasteiger partial charge on any atom is -0.366 e. The number of primary amides is 1. The fraction of sp³-hybridized carbons (Fsp3) is 0.200. The molecule has 30 heavy (non-hydrogen) atoms. The second kappa shape index (κ2) is 9.74. The summed E-state index contributed by atoms with van der Waals surface area (Å²) in [5.74, 6) is -0.443. The number of fused-ring (bicyclic) bond motifs is 2. The predicted octanol–water partition coefficient (Wildman–Crippen LogP) is 5.18. The van der Waals surface area contributed by atoms with Crippen molar-refractivity contribution < 1.29 is 4.79 Å². The molecule has 0 bridgehead atoms. The molecule has 2 aliphatic rings. The largest absolute Gasteiger partial charge is 0.366 e. The smallest absolute Gasteiger partial charge is 0.248 e. The summed E-state index contributed by atoms with van der Waals surface area (Å²) >= 11 is 1.66. The van der Waals surface area contributed by atoms with E-state index in [0.29, 0.717) is 5.56 Å². The van der Waals surface area contributed by atoms with Crippen molar-refractivity contribution >= 4 is 29.1 Å². The molecule has 1 amide bonds. The molecule has 3 aromatic rings. The third kappa shape index (κ3) is 4.81. The maximum atomic E-state index is 11.5. The van der Waals surface area contributed by atoms with Crippen LogP contribution < -0.4 is 11.1 Å². The Kier molecular flexibility index (Phi) is 6.62. The summed E-state index contributed by atoms with van der Waals surface area (Å²) in [7, 11) is 0. The lowest BCUT2D eigenvalue weighted by Crippen LogP contribution is -2.21. The molecule has 1 fully saturated rings. The van der Waals surface area contributed by atoms with Gasteiger partial charge in [-0.1, -0.05) is 66.7 Å². The third-order valence-corrected chi connectivity index (χ3v) is 6.23. The molecule has 0 saturated carbocycles. The number of nitrogens with one attached hydrogen (secondary N) is 1. The first-order valence-corrected chi connectivity index (χ1v) is 11.1. The Balaban J connectivity index is 0.000000313. The molecule has 152 valence electrons. The van der Waals surface area contributed by atoms with Crippen molar-refractivity contribution in [3.63, 3.8) is 0 Å². The molecule has 0 radical (unpaired) electrons. The summed E-state index contributed by atoms with van der Waals surface area (Å²) in [6.45, 7) is 2.50. The number of hydrogen-bond acceptors (Lipinski definition) is 4. The van der Waals surface area contributed by atoms with Gasteiger partial charge in [-0.25, -0.2) is 4.99 Å². The summed E-state index contributed by atoms with van der Waals surface area (Å²) in [6, 6.07) is 23.7. The first-order valence-electron chi connectivity index (χ1n) is 10.3. The lowest BCUT2D eigenvalue weighted by atomic mass is 10.0. The fourth-order valence-electron chi connectivity index (χ4n) is 3.51. The molecule has 2 aliphatic heterocycles. The molecule has 3 aromatic carbocycles. The number of piperidine rings is 1. The van der Waals surface area contributed by atoms with Crippen molar-refractivity contribution in [3.8, 4) is 0 Å². The highest BCUT2D eigenvalue weighted by Gasteiger charge is 2.19. The van der Waals surface area contributed by atoms with Gasteiger partial charge in [-0.05, 0) is 50.2 Å². The summed E-state index contributed by atoms with van der Waals surface area (Å²) in [5.41, 5.74) is 9.70. The van der Waals surface area contributed by atoms with Crippen molar-refractivity contribution in [3.05, 3.63) is 89.5 Å². The Labute approximate surface area is 181 Å². The van der Waals surface area contributed by atoms with E-state index in [-0.39, 0.29) is 0 Å². The van der Waals surface area contributed by atoms with E-state index < -0.39 is 5.91 Å². The molecule has 0 atom stereocenters. The van der Waals surface area contributed by atoms with Gasteiger partial charge in [0, 0.05) is 26.5 Å². The van der Waals surface area contributed by atoms with Crippen LogP contribution in [0.1, 0.15) is 40.7 Å². The molecule has 5 heteroatoms. The topological polar surface area (TPSA) is 67.5 Å². The minimum atomic E-state index is -0.443. The van der Waals surface area contributed by atoms with E-state index in [9.17, 15) is 4.79 Å². The highest BCUT2D eigenvalue weighted by molar-refractivity contribution is 7.99. The number of carbonyl (C=O) groups is 1. The average Bonchev–Trinajstić information content (AvgIpc) is 2.97. The number of hydrogen-bond donors (Lipinski definition) is 2. The average molecular weight is 416 g/mol. The summed E-state index contributed by atoms with van der Waals surface area (Å²) in [4.78, 5) is 18.5. The Morgan fingerprint density at radius 1 is 0.867 bits per heavy atom. The van der Waals surface area contributed by atoms with Crippen LogP contribution in [0.2, 0.25) is 0 Å². The first-order chi connectivity index (χ1) is 14.7. The van der Waals surface area contributed by atoms with Crippen LogP contribution in [-0.4, -0.2) is 24.7 Å². The number of carbonyl (C=O) groups excluding carboxylic acids is 1. The molecular weight excluding hydrogens is 390 g/mol. The van der Waals surface area contributed by atoms with Crippen molar-refractivity contribution in [1.29, 1.82) is 0 Å². The van der Waals surface area contributed by atoms with E-state index in [0.717, 1.165) is 32.3 Å². The molecule has 1 saturated heterocycles. The van der Waals surface area contributed by atoms with Gasteiger partial charge < -0.3 is 11.1 Å². The molecule has 3 N–H and O–H groups in total. The van der Waals surface area contributed by atoms with E-state index in [1.165, 1.54) is 32.4 Å².